The molecule has 1 heterocycles. The lowest BCUT2D eigenvalue weighted by Crippen LogP contribution is -2.25. The Labute approximate surface area is 116 Å². The molecule has 1 aliphatic heterocycles. The van der Waals surface area contributed by atoms with Gasteiger partial charge in [0.15, 0.2) is 12.4 Å². The molecule has 1 N–H and O–H groups in total. The monoisotopic (exact) mass is 280 g/mol. The third-order valence-corrected chi connectivity index (χ3v) is 2.87. The van der Waals surface area contributed by atoms with Crippen LogP contribution in [0.5, 0.6) is 0 Å². The van der Waals surface area contributed by atoms with Crippen LogP contribution in [-0.4, -0.2) is 42.1 Å². The number of hydrogen-bond acceptors (Lipinski definition) is 6. The highest BCUT2D eigenvalue weighted by atomic mass is 16.7. The highest BCUT2D eigenvalue weighted by Gasteiger charge is 2.36. The molecule has 0 saturated carbocycles. The van der Waals surface area contributed by atoms with Gasteiger partial charge in [-0.15, -0.1) is 0 Å². The second-order valence-corrected chi connectivity index (χ2v) is 4.50. The number of aliphatic hydroxyl groups excluding tert-OH is 1. The summed E-state index contributed by atoms with van der Waals surface area (Å²) in [5.41, 5.74) is 0.447. The van der Waals surface area contributed by atoms with Gasteiger partial charge in [0.2, 0.25) is 0 Å². The lowest BCUT2D eigenvalue weighted by atomic mass is 10.2. The van der Waals surface area contributed by atoms with Gasteiger partial charge in [-0.2, -0.15) is 0 Å². The average molecular weight is 280 g/mol. The number of rotatable bonds is 4. The molecular weight excluding hydrogens is 264 g/mol. The fourth-order valence-electron chi connectivity index (χ4n) is 1.97. The molecule has 2 rings (SSSR count). The number of aliphatic hydroxyl groups is 1. The zero-order chi connectivity index (χ0) is 14.5. The van der Waals surface area contributed by atoms with Gasteiger partial charge in [0.05, 0.1) is 11.7 Å². The molecule has 1 aromatic carbocycles. The standard InChI is InChI=1S/C14H16O6/c1-9(15)19-12-7-11(20-14(12)17)8-18-13(16)10-5-3-2-4-6-10/h2-6,11-12,14,17H,7-8H2,1H3/t11-,12+,14?/m1/s1. The Morgan fingerprint density at radius 1 is 1.35 bits per heavy atom. The quantitative estimate of drug-likeness (QED) is 0.825. The van der Waals surface area contributed by atoms with Crippen molar-refractivity contribution in [1.29, 1.82) is 0 Å². The molecule has 0 amide bonds. The van der Waals surface area contributed by atoms with Gasteiger partial charge in [-0.25, -0.2) is 4.79 Å². The molecule has 6 nitrogen and oxygen atoms in total. The van der Waals surface area contributed by atoms with Crippen LogP contribution in [0, 0.1) is 0 Å². The van der Waals surface area contributed by atoms with Crippen LogP contribution in [0.4, 0.5) is 0 Å². The largest absolute Gasteiger partial charge is 0.459 e. The van der Waals surface area contributed by atoms with Crippen LogP contribution in [-0.2, 0) is 19.0 Å². The zero-order valence-corrected chi connectivity index (χ0v) is 11.0. The minimum absolute atomic E-state index is 0.00253. The number of carbonyl (C=O) groups is 2. The van der Waals surface area contributed by atoms with E-state index in [4.69, 9.17) is 14.2 Å². The lowest BCUT2D eigenvalue weighted by molar-refractivity contribution is -0.168. The van der Waals surface area contributed by atoms with E-state index in [1.165, 1.54) is 6.92 Å². The molecule has 0 aliphatic carbocycles. The summed E-state index contributed by atoms with van der Waals surface area (Å²) in [4.78, 5) is 22.5. The predicted molar refractivity (Wildman–Crippen MR) is 67.8 cm³/mol. The van der Waals surface area contributed by atoms with Crippen molar-refractivity contribution in [3.8, 4) is 0 Å². The number of esters is 2. The summed E-state index contributed by atoms with van der Waals surface area (Å²) in [6.45, 7) is 1.26. The second-order valence-electron chi connectivity index (χ2n) is 4.50. The summed E-state index contributed by atoms with van der Waals surface area (Å²) >= 11 is 0. The van der Waals surface area contributed by atoms with Gasteiger partial charge in [-0.1, -0.05) is 18.2 Å². The van der Waals surface area contributed by atoms with Crippen LogP contribution >= 0.6 is 0 Å². The second kappa shape index (κ2) is 6.49. The molecule has 0 spiro atoms. The fourth-order valence-corrected chi connectivity index (χ4v) is 1.97. The maximum atomic E-state index is 11.7. The van der Waals surface area contributed by atoms with Gasteiger partial charge >= 0.3 is 11.9 Å². The SMILES string of the molecule is CC(=O)O[C@H]1C[C@H](COC(=O)c2ccccc2)OC1O. The Morgan fingerprint density at radius 2 is 2.05 bits per heavy atom. The first kappa shape index (κ1) is 14.5. The molecule has 0 aromatic heterocycles. The van der Waals surface area contributed by atoms with Crippen molar-refractivity contribution in [2.45, 2.75) is 31.8 Å². The molecule has 1 aromatic rings. The van der Waals surface area contributed by atoms with Crippen molar-refractivity contribution in [2.24, 2.45) is 0 Å². The van der Waals surface area contributed by atoms with Crippen LogP contribution in [0.3, 0.4) is 0 Å². The molecule has 1 aliphatic rings. The number of carbonyl (C=O) groups excluding carboxylic acids is 2. The van der Waals surface area contributed by atoms with Gasteiger partial charge < -0.3 is 19.3 Å². The van der Waals surface area contributed by atoms with E-state index in [1.807, 2.05) is 0 Å². The predicted octanol–water partition coefficient (Wildman–Crippen LogP) is 0.882. The zero-order valence-electron chi connectivity index (χ0n) is 11.0. The maximum Gasteiger partial charge on any atom is 0.338 e. The van der Waals surface area contributed by atoms with Gasteiger partial charge in [0.25, 0.3) is 0 Å². The Kier molecular flexibility index (Phi) is 4.70. The topological polar surface area (TPSA) is 82.1 Å². The first-order valence-corrected chi connectivity index (χ1v) is 6.29. The summed E-state index contributed by atoms with van der Waals surface area (Å²) in [6.07, 6.45) is -2.09. The summed E-state index contributed by atoms with van der Waals surface area (Å²) in [5.74, 6) is -0.945. The summed E-state index contributed by atoms with van der Waals surface area (Å²) < 4.78 is 15.2. The van der Waals surface area contributed by atoms with Crippen molar-refractivity contribution in [3.05, 3.63) is 35.9 Å². The first-order valence-electron chi connectivity index (χ1n) is 6.29. The molecule has 3 atom stereocenters. The maximum absolute atomic E-state index is 11.7. The Morgan fingerprint density at radius 3 is 2.70 bits per heavy atom. The molecule has 1 unspecified atom stereocenters. The lowest BCUT2D eigenvalue weighted by Gasteiger charge is -2.11. The summed E-state index contributed by atoms with van der Waals surface area (Å²) in [7, 11) is 0. The van der Waals surface area contributed by atoms with E-state index in [9.17, 15) is 14.7 Å². The van der Waals surface area contributed by atoms with Crippen molar-refractivity contribution in [1.82, 2.24) is 0 Å². The smallest absolute Gasteiger partial charge is 0.338 e. The highest BCUT2D eigenvalue weighted by molar-refractivity contribution is 5.89. The van der Waals surface area contributed by atoms with E-state index in [-0.39, 0.29) is 6.61 Å². The van der Waals surface area contributed by atoms with Crippen molar-refractivity contribution in [3.63, 3.8) is 0 Å². The average Bonchev–Trinajstić information content (AvgIpc) is 2.77. The summed E-state index contributed by atoms with van der Waals surface area (Å²) in [5, 5.41) is 9.55. The minimum Gasteiger partial charge on any atom is -0.459 e. The third kappa shape index (κ3) is 3.79. The van der Waals surface area contributed by atoms with E-state index >= 15 is 0 Å². The number of ether oxygens (including phenoxy) is 3. The van der Waals surface area contributed by atoms with Crippen LogP contribution in [0.2, 0.25) is 0 Å². The molecular formula is C14H16O6. The van der Waals surface area contributed by atoms with E-state index in [1.54, 1.807) is 30.3 Å². The molecule has 6 heteroatoms. The third-order valence-electron chi connectivity index (χ3n) is 2.87. The van der Waals surface area contributed by atoms with Crippen molar-refractivity contribution >= 4 is 11.9 Å². The molecule has 1 fully saturated rings. The number of benzene rings is 1. The van der Waals surface area contributed by atoms with Crippen molar-refractivity contribution < 1.29 is 28.9 Å². The molecule has 20 heavy (non-hydrogen) atoms. The van der Waals surface area contributed by atoms with Crippen LogP contribution < -0.4 is 0 Å². The molecule has 0 radical (unpaired) electrons. The Balaban J connectivity index is 1.81. The molecule has 108 valence electrons. The van der Waals surface area contributed by atoms with Gasteiger partial charge in [-0.05, 0) is 12.1 Å². The first-order chi connectivity index (χ1) is 9.56. The van der Waals surface area contributed by atoms with E-state index in [0.29, 0.717) is 12.0 Å². The fraction of sp³-hybridized carbons (Fsp3) is 0.429. The van der Waals surface area contributed by atoms with Gasteiger partial charge in [0.1, 0.15) is 6.61 Å². The highest BCUT2D eigenvalue weighted by Crippen LogP contribution is 2.22. The van der Waals surface area contributed by atoms with Crippen LogP contribution in [0.1, 0.15) is 23.7 Å². The Hall–Kier alpha value is -1.92. The van der Waals surface area contributed by atoms with E-state index in [0.717, 1.165) is 0 Å². The van der Waals surface area contributed by atoms with Gasteiger partial charge in [-0.3, -0.25) is 4.79 Å². The normalized spacial score (nSPS) is 25.2. The van der Waals surface area contributed by atoms with Crippen molar-refractivity contribution in [2.75, 3.05) is 6.61 Å². The Bertz CT molecular complexity index is 472. The van der Waals surface area contributed by atoms with Crippen LogP contribution in [0.15, 0.2) is 30.3 Å². The van der Waals surface area contributed by atoms with Crippen LogP contribution in [0.25, 0.3) is 0 Å². The van der Waals surface area contributed by atoms with E-state index in [2.05, 4.69) is 0 Å². The molecule has 1 saturated heterocycles. The number of hydrogen-bond donors (Lipinski definition) is 1. The van der Waals surface area contributed by atoms with E-state index < -0.39 is 30.4 Å². The molecule has 0 bridgehead atoms. The summed E-state index contributed by atoms with van der Waals surface area (Å²) in [6, 6.07) is 8.58. The van der Waals surface area contributed by atoms with Gasteiger partial charge in [0, 0.05) is 13.3 Å². The minimum atomic E-state index is -1.18.